The van der Waals surface area contributed by atoms with Crippen LogP contribution in [0.25, 0.3) is 0 Å². The molecule has 1 aliphatic rings. The molecule has 1 aromatic rings. The number of halogens is 2. The van der Waals surface area contributed by atoms with Gasteiger partial charge in [-0.1, -0.05) is 34.4 Å². The molecule has 2 rings (SSSR count). The van der Waals surface area contributed by atoms with E-state index in [1.807, 2.05) is 0 Å². The van der Waals surface area contributed by atoms with Crippen molar-refractivity contribution in [2.24, 2.45) is 5.16 Å². The van der Waals surface area contributed by atoms with Crippen LogP contribution in [0.2, 0.25) is 10.0 Å². The lowest BCUT2D eigenvalue weighted by atomic mass is 10.1. The average Bonchev–Trinajstić information content (AvgIpc) is 2.88. The number of ether oxygens (including phenoxy) is 2. The summed E-state index contributed by atoms with van der Waals surface area (Å²) in [7, 11) is 1.37. The second kappa shape index (κ2) is 8.96. The standard InChI is InChI=1S/C17H17Cl2NO7/c1-8(16-14(22)15(23)17(24)27-16)26-13(21)6-5-12(20-25-2)9-3-4-10(18)11(19)7-9/h3-4,7-8,16,22-23H,5-6H2,1-2H3/t8-,16+/m0/s1. The Labute approximate surface area is 164 Å². The van der Waals surface area contributed by atoms with Gasteiger partial charge >= 0.3 is 11.9 Å². The van der Waals surface area contributed by atoms with Crippen LogP contribution in [0.4, 0.5) is 0 Å². The van der Waals surface area contributed by atoms with Crippen LogP contribution in [0, 0.1) is 0 Å². The molecule has 1 aliphatic heterocycles. The molecule has 0 fully saturated rings. The second-order valence-corrected chi connectivity index (χ2v) is 6.42. The summed E-state index contributed by atoms with van der Waals surface area (Å²) >= 11 is 11.9. The first-order chi connectivity index (χ1) is 12.7. The van der Waals surface area contributed by atoms with E-state index >= 15 is 0 Å². The molecule has 0 aliphatic carbocycles. The van der Waals surface area contributed by atoms with E-state index in [0.29, 0.717) is 21.3 Å². The van der Waals surface area contributed by atoms with E-state index in [9.17, 15) is 19.8 Å². The second-order valence-electron chi connectivity index (χ2n) is 5.60. The molecule has 0 amide bonds. The zero-order chi connectivity index (χ0) is 20.1. The summed E-state index contributed by atoms with van der Waals surface area (Å²) in [6, 6.07) is 4.88. The van der Waals surface area contributed by atoms with Crippen LogP contribution in [0.5, 0.6) is 0 Å². The van der Waals surface area contributed by atoms with Crippen molar-refractivity contribution in [2.45, 2.75) is 32.0 Å². The Morgan fingerprint density at radius 2 is 2.00 bits per heavy atom. The van der Waals surface area contributed by atoms with E-state index in [0.717, 1.165) is 0 Å². The Morgan fingerprint density at radius 3 is 2.56 bits per heavy atom. The third-order valence-electron chi connectivity index (χ3n) is 3.70. The number of aliphatic hydroxyl groups excluding tert-OH is 2. The molecule has 0 saturated carbocycles. The van der Waals surface area contributed by atoms with Crippen molar-refractivity contribution in [2.75, 3.05) is 7.11 Å². The van der Waals surface area contributed by atoms with E-state index in [-0.39, 0.29) is 12.8 Å². The number of carbonyl (C=O) groups is 2. The number of esters is 2. The summed E-state index contributed by atoms with van der Waals surface area (Å²) in [4.78, 5) is 28.1. The molecule has 0 spiro atoms. The lowest BCUT2D eigenvalue weighted by molar-refractivity contribution is -0.160. The number of hydrogen-bond donors (Lipinski definition) is 2. The van der Waals surface area contributed by atoms with E-state index < -0.39 is 35.7 Å². The topological polar surface area (TPSA) is 115 Å². The quantitative estimate of drug-likeness (QED) is 0.397. The summed E-state index contributed by atoms with van der Waals surface area (Å²) in [5, 5.41) is 23.5. The summed E-state index contributed by atoms with van der Waals surface area (Å²) in [6.07, 6.45) is -2.12. The average molecular weight is 418 g/mol. The number of aliphatic hydroxyl groups is 2. The smallest absolute Gasteiger partial charge is 0.378 e. The lowest BCUT2D eigenvalue weighted by Crippen LogP contribution is -2.31. The number of carbonyl (C=O) groups excluding carboxylic acids is 2. The number of cyclic esters (lactones) is 1. The van der Waals surface area contributed by atoms with Gasteiger partial charge in [-0.25, -0.2) is 4.79 Å². The number of rotatable bonds is 7. The first-order valence-corrected chi connectivity index (χ1v) is 8.58. The Bertz CT molecular complexity index is 806. The van der Waals surface area contributed by atoms with Gasteiger partial charge in [-0.05, 0) is 19.1 Å². The SMILES string of the molecule is CON=C(CCC(=O)O[C@@H](C)[C@H]1OC(=O)C(O)=C1O)c1ccc(Cl)c(Cl)c1. The molecule has 0 saturated heterocycles. The highest BCUT2D eigenvalue weighted by Crippen LogP contribution is 2.25. The molecule has 0 bridgehead atoms. The normalized spacial score (nSPS) is 18.3. The summed E-state index contributed by atoms with van der Waals surface area (Å²) < 4.78 is 9.89. The van der Waals surface area contributed by atoms with Crippen LogP contribution in [0.1, 0.15) is 25.3 Å². The van der Waals surface area contributed by atoms with Crippen molar-refractivity contribution in [3.8, 4) is 0 Å². The molecule has 1 aromatic carbocycles. The summed E-state index contributed by atoms with van der Waals surface area (Å²) in [6.45, 7) is 1.42. The summed E-state index contributed by atoms with van der Waals surface area (Å²) in [5.74, 6) is -3.26. The molecule has 0 unspecified atom stereocenters. The zero-order valence-corrected chi connectivity index (χ0v) is 16.0. The van der Waals surface area contributed by atoms with Gasteiger partial charge in [0, 0.05) is 12.0 Å². The monoisotopic (exact) mass is 417 g/mol. The maximum absolute atomic E-state index is 12.1. The van der Waals surface area contributed by atoms with Crippen LogP contribution >= 0.6 is 23.2 Å². The van der Waals surface area contributed by atoms with Gasteiger partial charge < -0.3 is 24.5 Å². The fourth-order valence-electron chi connectivity index (χ4n) is 2.36. The highest BCUT2D eigenvalue weighted by atomic mass is 35.5. The fraction of sp³-hybridized carbons (Fsp3) is 0.353. The summed E-state index contributed by atoms with van der Waals surface area (Å²) in [5.41, 5.74) is 1.08. The minimum absolute atomic E-state index is 0.0656. The third-order valence-corrected chi connectivity index (χ3v) is 4.44. The Kier molecular flexibility index (Phi) is 6.92. The first-order valence-electron chi connectivity index (χ1n) is 7.82. The van der Waals surface area contributed by atoms with E-state index in [1.54, 1.807) is 18.2 Å². The van der Waals surface area contributed by atoms with Gasteiger partial charge in [0.25, 0.3) is 0 Å². The molecule has 10 heteroatoms. The molecular weight excluding hydrogens is 401 g/mol. The maximum Gasteiger partial charge on any atom is 0.378 e. The predicted molar refractivity (Wildman–Crippen MR) is 97.0 cm³/mol. The number of nitrogens with zero attached hydrogens (tertiary/aromatic N) is 1. The predicted octanol–water partition coefficient (Wildman–Crippen LogP) is 3.31. The Balaban J connectivity index is 1.97. The van der Waals surface area contributed by atoms with Gasteiger partial charge in [-0.2, -0.15) is 0 Å². The lowest BCUT2D eigenvalue weighted by Gasteiger charge is -2.19. The zero-order valence-electron chi connectivity index (χ0n) is 14.4. The number of hydrogen-bond acceptors (Lipinski definition) is 8. The molecule has 1 heterocycles. The van der Waals surface area contributed by atoms with Crippen LogP contribution in [-0.2, 0) is 23.9 Å². The van der Waals surface area contributed by atoms with Crippen molar-refractivity contribution >= 4 is 40.9 Å². The van der Waals surface area contributed by atoms with Gasteiger partial charge in [0.1, 0.15) is 13.2 Å². The van der Waals surface area contributed by atoms with E-state index in [1.165, 1.54) is 14.0 Å². The van der Waals surface area contributed by atoms with Gasteiger partial charge in [-0.3, -0.25) is 4.79 Å². The van der Waals surface area contributed by atoms with Crippen LogP contribution in [-0.4, -0.2) is 47.2 Å². The molecule has 0 radical (unpaired) electrons. The number of benzene rings is 1. The van der Waals surface area contributed by atoms with Crippen molar-refractivity contribution in [1.82, 2.24) is 0 Å². The van der Waals surface area contributed by atoms with Crippen LogP contribution in [0.15, 0.2) is 34.9 Å². The first kappa shape index (κ1) is 20.9. The molecule has 8 nitrogen and oxygen atoms in total. The molecule has 146 valence electrons. The van der Waals surface area contributed by atoms with Crippen LogP contribution < -0.4 is 0 Å². The van der Waals surface area contributed by atoms with Gasteiger partial charge in [-0.15, -0.1) is 0 Å². The van der Waals surface area contributed by atoms with Gasteiger partial charge in [0.15, 0.2) is 11.9 Å². The minimum atomic E-state index is -1.25. The van der Waals surface area contributed by atoms with Crippen molar-refractivity contribution < 1.29 is 34.1 Å². The fourth-order valence-corrected chi connectivity index (χ4v) is 2.66. The molecule has 2 atom stereocenters. The number of oxime groups is 1. The highest BCUT2D eigenvalue weighted by molar-refractivity contribution is 6.42. The molecule has 2 N–H and O–H groups in total. The highest BCUT2D eigenvalue weighted by Gasteiger charge is 2.39. The van der Waals surface area contributed by atoms with Crippen LogP contribution in [0.3, 0.4) is 0 Å². The largest absolute Gasteiger partial charge is 0.505 e. The van der Waals surface area contributed by atoms with Crippen molar-refractivity contribution in [3.63, 3.8) is 0 Å². The van der Waals surface area contributed by atoms with E-state index in [4.69, 9.17) is 37.5 Å². The van der Waals surface area contributed by atoms with E-state index in [2.05, 4.69) is 5.16 Å². The van der Waals surface area contributed by atoms with Gasteiger partial charge in [0.2, 0.25) is 5.76 Å². The third kappa shape index (κ3) is 5.05. The molecule has 27 heavy (non-hydrogen) atoms. The maximum atomic E-state index is 12.1. The van der Waals surface area contributed by atoms with Crippen molar-refractivity contribution in [3.05, 3.63) is 45.3 Å². The van der Waals surface area contributed by atoms with Gasteiger partial charge in [0.05, 0.1) is 22.2 Å². The Hall–Kier alpha value is -2.45. The Morgan fingerprint density at radius 1 is 1.30 bits per heavy atom. The minimum Gasteiger partial charge on any atom is -0.505 e. The van der Waals surface area contributed by atoms with Crippen molar-refractivity contribution in [1.29, 1.82) is 0 Å². The molecule has 0 aromatic heterocycles. The molecular formula is C17H17Cl2NO7.